The van der Waals surface area contributed by atoms with E-state index < -0.39 is 11.5 Å². The highest BCUT2D eigenvalue weighted by atomic mass is 16.5. The van der Waals surface area contributed by atoms with E-state index in [1.165, 1.54) is 0 Å². The monoisotopic (exact) mass is 274 g/mol. The van der Waals surface area contributed by atoms with Gasteiger partial charge >= 0.3 is 5.97 Å². The second-order valence-corrected chi connectivity index (χ2v) is 4.76. The van der Waals surface area contributed by atoms with Crippen LogP contribution in [-0.4, -0.2) is 29.7 Å². The Kier molecular flexibility index (Phi) is 4.20. The molecule has 0 aliphatic carbocycles. The fraction of sp³-hybridized carbons (Fsp3) is 0.333. The number of fused-ring (bicyclic) bond motifs is 1. The minimum absolute atomic E-state index is 0.0293. The first-order chi connectivity index (χ1) is 9.54. The third-order valence-electron chi connectivity index (χ3n) is 2.86. The van der Waals surface area contributed by atoms with E-state index in [0.717, 1.165) is 10.9 Å². The van der Waals surface area contributed by atoms with Crippen molar-refractivity contribution in [2.45, 2.75) is 19.4 Å². The zero-order valence-electron chi connectivity index (χ0n) is 11.6. The van der Waals surface area contributed by atoms with Crippen LogP contribution in [0.1, 0.15) is 13.8 Å². The fourth-order valence-electron chi connectivity index (χ4n) is 1.78. The maximum Gasteiger partial charge on any atom is 0.329 e. The van der Waals surface area contributed by atoms with Crippen LogP contribution in [0.25, 0.3) is 10.9 Å². The number of aromatic nitrogens is 1. The van der Waals surface area contributed by atoms with Crippen LogP contribution >= 0.6 is 0 Å². The van der Waals surface area contributed by atoms with Crippen LogP contribution in [0, 0.1) is 0 Å². The van der Waals surface area contributed by atoms with Crippen molar-refractivity contribution in [2.24, 2.45) is 5.73 Å². The third-order valence-corrected chi connectivity index (χ3v) is 2.86. The zero-order chi connectivity index (χ0) is 14.6. The van der Waals surface area contributed by atoms with Gasteiger partial charge in [-0.1, -0.05) is 18.2 Å². The average Bonchev–Trinajstić information content (AvgIpc) is 2.45. The molecule has 0 aliphatic rings. The van der Waals surface area contributed by atoms with Crippen molar-refractivity contribution < 1.29 is 14.3 Å². The number of hydrogen-bond acceptors (Lipinski definition) is 5. The lowest BCUT2D eigenvalue weighted by Gasteiger charge is -2.22. The lowest BCUT2D eigenvalue weighted by atomic mass is 10.1. The zero-order valence-corrected chi connectivity index (χ0v) is 11.6. The molecule has 2 aromatic rings. The average molecular weight is 274 g/mol. The maximum atomic E-state index is 11.7. The van der Waals surface area contributed by atoms with Gasteiger partial charge in [0, 0.05) is 11.6 Å². The summed E-state index contributed by atoms with van der Waals surface area (Å²) in [5, 5.41) is 0.972. The fourth-order valence-corrected chi connectivity index (χ4v) is 1.78. The number of pyridine rings is 1. The van der Waals surface area contributed by atoms with E-state index >= 15 is 0 Å². The molecule has 0 amide bonds. The second kappa shape index (κ2) is 5.88. The molecular formula is C15H18N2O3. The van der Waals surface area contributed by atoms with Gasteiger partial charge < -0.3 is 15.2 Å². The number of esters is 1. The van der Waals surface area contributed by atoms with Crippen molar-refractivity contribution in [3.05, 3.63) is 36.5 Å². The first-order valence-electron chi connectivity index (χ1n) is 6.47. The molecule has 0 bridgehead atoms. The Labute approximate surface area is 117 Å². The molecule has 0 spiro atoms. The van der Waals surface area contributed by atoms with E-state index in [2.05, 4.69) is 4.98 Å². The highest BCUT2D eigenvalue weighted by Crippen LogP contribution is 2.23. The molecule has 2 rings (SSSR count). The van der Waals surface area contributed by atoms with Crippen LogP contribution in [0.3, 0.4) is 0 Å². The molecule has 0 radical (unpaired) electrons. The number of carbonyl (C=O) groups excluding carboxylic acids is 1. The Morgan fingerprint density at radius 3 is 2.85 bits per heavy atom. The van der Waals surface area contributed by atoms with Gasteiger partial charge in [-0.3, -0.25) is 4.98 Å². The van der Waals surface area contributed by atoms with E-state index in [9.17, 15) is 4.79 Å². The highest BCUT2D eigenvalue weighted by molar-refractivity contribution is 5.84. The summed E-state index contributed by atoms with van der Waals surface area (Å²) in [6.07, 6.45) is 1.70. The molecule has 0 saturated carbocycles. The number of carbonyl (C=O) groups is 1. The van der Waals surface area contributed by atoms with Gasteiger partial charge in [-0.2, -0.15) is 0 Å². The second-order valence-electron chi connectivity index (χ2n) is 4.76. The topological polar surface area (TPSA) is 74.4 Å². The summed E-state index contributed by atoms with van der Waals surface area (Å²) in [5.41, 5.74) is 5.48. The first-order valence-corrected chi connectivity index (χ1v) is 6.47. The summed E-state index contributed by atoms with van der Waals surface area (Å²) in [5.74, 6) is 0.122. The lowest BCUT2D eigenvalue weighted by Crippen LogP contribution is -2.51. The van der Waals surface area contributed by atoms with Crippen LogP contribution < -0.4 is 10.5 Å². The van der Waals surface area contributed by atoms with Crippen molar-refractivity contribution in [1.82, 2.24) is 4.98 Å². The van der Waals surface area contributed by atoms with E-state index in [1.54, 1.807) is 26.1 Å². The van der Waals surface area contributed by atoms with Gasteiger partial charge in [-0.05, 0) is 26.0 Å². The number of benzene rings is 1. The molecule has 2 N–H and O–H groups in total. The normalized spacial score (nSPS) is 13.8. The van der Waals surface area contributed by atoms with Gasteiger partial charge in [0.25, 0.3) is 0 Å². The Hall–Kier alpha value is -2.14. The summed E-state index contributed by atoms with van der Waals surface area (Å²) in [6, 6.07) is 9.43. The number of rotatable bonds is 5. The van der Waals surface area contributed by atoms with Crippen LogP contribution in [0.5, 0.6) is 5.75 Å². The number of nitrogens with two attached hydrogens (primary N) is 1. The molecule has 5 heteroatoms. The molecule has 1 atom stereocenters. The molecule has 1 unspecified atom stereocenters. The molecule has 106 valence electrons. The third kappa shape index (κ3) is 3.05. The molecule has 0 fully saturated rings. The maximum absolute atomic E-state index is 11.7. The van der Waals surface area contributed by atoms with E-state index in [0.29, 0.717) is 12.4 Å². The SMILES string of the molecule is CCOC(=O)C(C)(N)COc1cccc2cccnc12. The lowest BCUT2D eigenvalue weighted by molar-refractivity contribution is -0.150. The van der Waals surface area contributed by atoms with Crippen molar-refractivity contribution in [3.63, 3.8) is 0 Å². The smallest absolute Gasteiger partial charge is 0.329 e. The number of para-hydroxylation sites is 1. The van der Waals surface area contributed by atoms with Crippen molar-refractivity contribution >= 4 is 16.9 Å². The minimum Gasteiger partial charge on any atom is -0.489 e. The Balaban J connectivity index is 2.15. The molecule has 1 heterocycles. The van der Waals surface area contributed by atoms with E-state index in [4.69, 9.17) is 15.2 Å². The summed E-state index contributed by atoms with van der Waals surface area (Å²) in [7, 11) is 0. The quantitative estimate of drug-likeness (QED) is 0.843. The van der Waals surface area contributed by atoms with Crippen molar-refractivity contribution in [1.29, 1.82) is 0 Å². The molecule has 5 nitrogen and oxygen atoms in total. The van der Waals surface area contributed by atoms with Gasteiger partial charge in [0.05, 0.1) is 6.61 Å². The summed E-state index contributed by atoms with van der Waals surface area (Å²) < 4.78 is 10.6. The molecular weight excluding hydrogens is 256 g/mol. The van der Waals surface area contributed by atoms with Crippen molar-refractivity contribution in [3.8, 4) is 5.75 Å². The Morgan fingerprint density at radius 1 is 1.35 bits per heavy atom. The van der Waals surface area contributed by atoms with E-state index in [-0.39, 0.29) is 6.61 Å². The standard InChI is InChI=1S/C15H18N2O3/c1-3-19-14(18)15(2,16)10-20-12-8-4-6-11-7-5-9-17-13(11)12/h4-9H,3,10,16H2,1-2H3. The molecule has 0 aliphatic heterocycles. The van der Waals surface area contributed by atoms with Gasteiger partial charge in [0.15, 0.2) is 0 Å². The molecule has 20 heavy (non-hydrogen) atoms. The summed E-state index contributed by atoms with van der Waals surface area (Å²) in [4.78, 5) is 16.0. The van der Waals surface area contributed by atoms with Crippen LogP contribution in [0.4, 0.5) is 0 Å². The largest absolute Gasteiger partial charge is 0.489 e. The minimum atomic E-state index is -1.19. The van der Waals surface area contributed by atoms with Crippen LogP contribution in [-0.2, 0) is 9.53 Å². The Bertz CT molecular complexity index is 606. The predicted molar refractivity (Wildman–Crippen MR) is 76.5 cm³/mol. The Morgan fingerprint density at radius 2 is 2.10 bits per heavy atom. The number of nitrogens with zero attached hydrogens (tertiary/aromatic N) is 1. The van der Waals surface area contributed by atoms with Gasteiger partial charge in [-0.25, -0.2) is 4.79 Å². The highest BCUT2D eigenvalue weighted by Gasteiger charge is 2.31. The van der Waals surface area contributed by atoms with Crippen molar-refractivity contribution in [2.75, 3.05) is 13.2 Å². The van der Waals surface area contributed by atoms with Crippen LogP contribution in [0.2, 0.25) is 0 Å². The van der Waals surface area contributed by atoms with Gasteiger partial charge in [0.1, 0.15) is 23.4 Å². The summed E-state index contributed by atoms with van der Waals surface area (Å²) in [6.45, 7) is 3.65. The van der Waals surface area contributed by atoms with Crippen LogP contribution in [0.15, 0.2) is 36.5 Å². The van der Waals surface area contributed by atoms with Gasteiger partial charge in [0.2, 0.25) is 0 Å². The summed E-state index contributed by atoms with van der Waals surface area (Å²) >= 11 is 0. The molecule has 1 aromatic carbocycles. The van der Waals surface area contributed by atoms with E-state index in [1.807, 2.05) is 24.3 Å². The molecule has 1 aromatic heterocycles. The predicted octanol–water partition coefficient (Wildman–Crippen LogP) is 1.89. The van der Waals surface area contributed by atoms with Gasteiger partial charge in [-0.15, -0.1) is 0 Å². The molecule has 0 saturated heterocycles. The first kappa shape index (κ1) is 14.3. The number of hydrogen-bond donors (Lipinski definition) is 1. The number of ether oxygens (including phenoxy) is 2.